The molecule has 1 aromatic heterocycles. The summed E-state index contributed by atoms with van der Waals surface area (Å²) in [5, 5.41) is 11.5. The van der Waals surface area contributed by atoms with Crippen molar-refractivity contribution >= 4 is 40.6 Å². The van der Waals surface area contributed by atoms with Crippen LogP contribution >= 0.6 is 23.5 Å². The number of amides is 1. The van der Waals surface area contributed by atoms with Crippen LogP contribution in [0.2, 0.25) is 0 Å². The van der Waals surface area contributed by atoms with Gasteiger partial charge in [-0.3, -0.25) is 9.79 Å². The van der Waals surface area contributed by atoms with Gasteiger partial charge in [0.25, 0.3) is 0 Å². The number of carbonyl (C=O) groups excluding carboxylic acids is 2. The second-order valence-corrected chi connectivity index (χ2v) is 11.0. The number of aliphatic hydroxyl groups excluding tert-OH is 1. The molecule has 0 aliphatic carbocycles. The molecule has 12 heteroatoms. The maximum atomic E-state index is 13.1. The monoisotopic (exact) mass is 495 g/mol. The van der Waals surface area contributed by atoms with Crippen LogP contribution in [0.5, 0.6) is 0 Å². The topological polar surface area (TPSA) is 126 Å². The van der Waals surface area contributed by atoms with Gasteiger partial charge < -0.3 is 28.5 Å². The quantitative estimate of drug-likeness (QED) is 0.454. The lowest BCUT2D eigenvalue weighted by molar-refractivity contribution is -0.164. The summed E-state index contributed by atoms with van der Waals surface area (Å²) < 4.78 is 15.1. The van der Waals surface area contributed by atoms with Crippen LogP contribution in [0.25, 0.3) is 0 Å². The lowest BCUT2D eigenvalue weighted by Crippen LogP contribution is -2.63. The van der Waals surface area contributed by atoms with E-state index in [4.69, 9.17) is 13.6 Å². The van der Waals surface area contributed by atoms with Gasteiger partial charge in [0.2, 0.25) is 5.91 Å². The molecule has 178 valence electrons. The van der Waals surface area contributed by atoms with Gasteiger partial charge in [0.15, 0.2) is 23.3 Å². The number of hydrogen-bond acceptors (Lipinski definition) is 11. The van der Waals surface area contributed by atoms with E-state index in [1.165, 1.54) is 4.90 Å². The van der Waals surface area contributed by atoms with Crippen molar-refractivity contribution in [1.29, 1.82) is 0 Å². The zero-order valence-corrected chi connectivity index (χ0v) is 20.1. The number of aryl methyl sites for hydroxylation is 1. The number of ether oxygens (including phenoxy) is 1. The van der Waals surface area contributed by atoms with Crippen molar-refractivity contribution < 1.29 is 28.3 Å². The number of esters is 1. The van der Waals surface area contributed by atoms with Crippen LogP contribution in [0, 0.1) is 18.8 Å². The van der Waals surface area contributed by atoms with Crippen molar-refractivity contribution in [2.24, 2.45) is 16.8 Å². The standard InChI is InChI=1S/C21H25N3O7S2/c1-9-15-14(10(2)25)18(26)24(15)16(19(27)29-8-13-11(3)30-21(28)31-13)17(9)33-12-6-23(7-12)20-22-4-5-32-20/h9-10,12,14-15,25H,4-8H2,1-3H3/t9-,10-,14-,15-/m1/s1. The fourth-order valence-electron chi connectivity index (χ4n) is 4.74. The number of rotatable bonds is 6. The third kappa shape index (κ3) is 3.81. The van der Waals surface area contributed by atoms with Crippen molar-refractivity contribution in [1.82, 2.24) is 9.80 Å². The highest BCUT2D eigenvalue weighted by molar-refractivity contribution is 8.14. The van der Waals surface area contributed by atoms with Crippen LogP contribution in [-0.2, 0) is 20.9 Å². The molecule has 4 aliphatic heterocycles. The molecule has 0 unspecified atom stereocenters. The van der Waals surface area contributed by atoms with E-state index in [0.29, 0.717) is 0 Å². The van der Waals surface area contributed by atoms with Gasteiger partial charge in [0.1, 0.15) is 5.70 Å². The Kier molecular flexibility index (Phi) is 5.86. The van der Waals surface area contributed by atoms with E-state index in [0.717, 1.165) is 35.5 Å². The largest absolute Gasteiger partial charge is 0.519 e. The number of carbonyl (C=O) groups is 2. The number of thioether (sulfide) groups is 2. The van der Waals surface area contributed by atoms with E-state index in [1.807, 2.05) is 6.92 Å². The molecule has 2 saturated heterocycles. The molecular weight excluding hydrogens is 470 g/mol. The van der Waals surface area contributed by atoms with Gasteiger partial charge in [0, 0.05) is 34.9 Å². The molecule has 4 aliphatic rings. The van der Waals surface area contributed by atoms with Gasteiger partial charge in [-0.05, 0) is 13.8 Å². The summed E-state index contributed by atoms with van der Waals surface area (Å²) in [7, 11) is 0. The Morgan fingerprint density at radius 1 is 1.36 bits per heavy atom. The minimum absolute atomic E-state index is 0.101. The first-order valence-corrected chi connectivity index (χ1v) is 12.7. The van der Waals surface area contributed by atoms with E-state index in [1.54, 1.807) is 37.4 Å². The summed E-state index contributed by atoms with van der Waals surface area (Å²) in [6, 6.07) is -0.276. The molecule has 1 N–H and O–H groups in total. The van der Waals surface area contributed by atoms with Crippen LogP contribution < -0.4 is 5.82 Å². The van der Waals surface area contributed by atoms with Crippen LogP contribution in [0.1, 0.15) is 25.4 Å². The number of fused-ring (bicyclic) bond motifs is 1. The van der Waals surface area contributed by atoms with Crippen molar-refractivity contribution in [2.45, 2.75) is 44.8 Å². The summed E-state index contributed by atoms with van der Waals surface area (Å²) in [4.78, 5) is 46.2. The molecule has 0 bridgehead atoms. The predicted molar refractivity (Wildman–Crippen MR) is 121 cm³/mol. The number of amidine groups is 1. The van der Waals surface area contributed by atoms with E-state index in [2.05, 4.69) is 9.89 Å². The summed E-state index contributed by atoms with van der Waals surface area (Å²) in [6.45, 7) is 7.36. The Balaban J connectivity index is 1.35. The van der Waals surface area contributed by atoms with Gasteiger partial charge in [-0.2, -0.15) is 0 Å². The second-order valence-electron chi connectivity index (χ2n) is 8.63. The average molecular weight is 496 g/mol. The van der Waals surface area contributed by atoms with Crippen molar-refractivity contribution in [2.75, 3.05) is 25.4 Å². The van der Waals surface area contributed by atoms with Gasteiger partial charge in [-0.1, -0.05) is 18.7 Å². The molecule has 10 nitrogen and oxygen atoms in total. The molecule has 0 aromatic carbocycles. The van der Waals surface area contributed by atoms with E-state index >= 15 is 0 Å². The molecule has 1 aromatic rings. The van der Waals surface area contributed by atoms with Crippen LogP contribution in [-0.4, -0.2) is 74.7 Å². The highest BCUT2D eigenvalue weighted by atomic mass is 32.2. The van der Waals surface area contributed by atoms with Gasteiger partial charge in [0.05, 0.1) is 24.6 Å². The highest BCUT2D eigenvalue weighted by Crippen LogP contribution is 2.52. The number of aliphatic imine (C=N–C) groups is 1. The Labute approximate surface area is 198 Å². The van der Waals surface area contributed by atoms with E-state index in [-0.39, 0.29) is 46.9 Å². The van der Waals surface area contributed by atoms with Crippen LogP contribution in [0.15, 0.2) is 29.2 Å². The smallest absolute Gasteiger partial charge is 0.453 e. The third-order valence-electron chi connectivity index (χ3n) is 6.45. The van der Waals surface area contributed by atoms with Crippen molar-refractivity contribution in [3.63, 3.8) is 0 Å². The van der Waals surface area contributed by atoms with Crippen LogP contribution in [0.3, 0.4) is 0 Å². The normalized spacial score (nSPS) is 27.9. The zero-order chi connectivity index (χ0) is 23.4. The number of hydrogen-bond donors (Lipinski definition) is 1. The van der Waals surface area contributed by atoms with Crippen LogP contribution in [0.4, 0.5) is 0 Å². The number of nitrogens with zero attached hydrogens (tertiary/aromatic N) is 3. The van der Waals surface area contributed by atoms with Gasteiger partial charge >= 0.3 is 11.8 Å². The minimum atomic E-state index is -0.860. The fraction of sp³-hybridized carbons (Fsp3) is 0.619. The Hall–Kier alpha value is -2.18. The second kappa shape index (κ2) is 8.55. The van der Waals surface area contributed by atoms with Gasteiger partial charge in [-0.25, -0.2) is 9.59 Å². The molecular formula is C21H25N3O7S2. The maximum Gasteiger partial charge on any atom is 0.519 e. The molecule has 0 saturated carbocycles. The lowest BCUT2D eigenvalue weighted by Gasteiger charge is -2.46. The third-order valence-corrected chi connectivity index (χ3v) is 8.94. The molecule has 5 rings (SSSR count). The average Bonchev–Trinajstić information content (AvgIpc) is 3.41. The van der Waals surface area contributed by atoms with Crippen molar-refractivity contribution in [3.05, 3.63) is 32.7 Å². The molecule has 0 spiro atoms. The SMILES string of the molecule is Cc1oc(=O)oc1COC(=O)C1=C(SC2CN(C3=NCCS3)C2)[C@H](C)[C@@H]2[C@@H]([C@@H](C)O)C(=O)N12. The summed E-state index contributed by atoms with van der Waals surface area (Å²) in [6.07, 6.45) is -0.803. The highest BCUT2D eigenvalue weighted by Gasteiger charge is 2.60. The molecule has 0 radical (unpaired) electrons. The molecule has 33 heavy (non-hydrogen) atoms. The first-order chi connectivity index (χ1) is 15.8. The molecule has 2 fully saturated rings. The predicted octanol–water partition coefficient (Wildman–Crippen LogP) is 1.17. The summed E-state index contributed by atoms with van der Waals surface area (Å²) >= 11 is 3.36. The van der Waals surface area contributed by atoms with E-state index < -0.39 is 23.8 Å². The summed E-state index contributed by atoms with van der Waals surface area (Å²) in [5.41, 5.74) is 0.230. The fourth-order valence-corrected chi connectivity index (χ4v) is 7.13. The molecule has 5 heterocycles. The van der Waals surface area contributed by atoms with E-state index in [9.17, 15) is 19.5 Å². The molecule has 4 atom stereocenters. The summed E-state index contributed by atoms with van der Waals surface area (Å²) in [5.74, 6) is -1.05. The Morgan fingerprint density at radius 2 is 2.12 bits per heavy atom. The number of β-lactam (4-membered cyclic amide) rings is 1. The lowest BCUT2D eigenvalue weighted by atomic mass is 9.79. The number of aliphatic hydroxyl groups is 1. The first-order valence-electron chi connectivity index (χ1n) is 10.9. The Morgan fingerprint density at radius 3 is 2.73 bits per heavy atom. The van der Waals surface area contributed by atoms with Crippen molar-refractivity contribution in [3.8, 4) is 0 Å². The number of likely N-dealkylation sites (tertiary alicyclic amines) is 1. The molecule has 1 amide bonds. The van der Waals surface area contributed by atoms with Gasteiger partial charge in [-0.15, -0.1) is 11.8 Å². The Bertz CT molecular complexity index is 1100. The first kappa shape index (κ1) is 22.6. The zero-order valence-electron chi connectivity index (χ0n) is 18.5. The maximum absolute atomic E-state index is 13.1. The minimum Gasteiger partial charge on any atom is -0.453 e.